The first kappa shape index (κ1) is 11.0. The maximum absolute atomic E-state index is 12.9. The van der Waals surface area contributed by atoms with Crippen LogP contribution in [0.1, 0.15) is 23.6 Å². The fraction of sp³-hybridized carbons (Fsp3) is 0.133. The van der Waals surface area contributed by atoms with Crippen molar-refractivity contribution < 1.29 is 4.39 Å². The molecule has 90 valence electrons. The van der Waals surface area contributed by atoms with Gasteiger partial charge >= 0.3 is 0 Å². The van der Waals surface area contributed by atoms with Crippen LogP contribution in [-0.2, 0) is 0 Å². The summed E-state index contributed by atoms with van der Waals surface area (Å²) in [5.41, 5.74) is 6.35. The van der Waals surface area contributed by atoms with Crippen molar-refractivity contribution in [1.82, 2.24) is 5.43 Å². The lowest BCUT2D eigenvalue weighted by molar-refractivity contribution is 0.607. The van der Waals surface area contributed by atoms with Gasteiger partial charge in [-0.05, 0) is 23.3 Å². The van der Waals surface area contributed by atoms with Crippen molar-refractivity contribution in [2.24, 2.45) is 5.10 Å². The Labute approximate surface area is 105 Å². The van der Waals surface area contributed by atoms with Gasteiger partial charge in [0.15, 0.2) is 0 Å². The van der Waals surface area contributed by atoms with Crippen molar-refractivity contribution in [3.8, 4) is 0 Å². The van der Waals surface area contributed by atoms with Gasteiger partial charge in [0.2, 0.25) is 0 Å². The molecule has 2 aromatic rings. The molecule has 0 amide bonds. The lowest BCUT2D eigenvalue weighted by Gasteiger charge is -2.09. The molecule has 0 spiro atoms. The van der Waals surface area contributed by atoms with Gasteiger partial charge in [-0.25, -0.2) is 4.39 Å². The van der Waals surface area contributed by atoms with Crippen LogP contribution >= 0.6 is 0 Å². The van der Waals surface area contributed by atoms with Gasteiger partial charge in [-0.2, -0.15) is 5.10 Å². The van der Waals surface area contributed by atoms with Gasteiger partial charge in [-0.1, -0.05) is 42.5 Å². The van der Waals surface area contributed by atoms with Gasteiger partial charge in [0.25, 0.3) is 0 Å². The predicted octanol–water partition coefficient (Wildman–Crippen LogP) is 3.26. The monoisotopic (exact) mass is 240 g/mol. The van der Waals surface area contributed by atoms with E-state index in [1.165, 1.54) is 12.1 Å². The first-order valence-electron chi connectivity index (χ1n) is 5.96. The lowest BCUT2D eigenvalue weighted by atomic mass is 9.99. The highest BCUT2D eigenvalue weighted by atomic mass is 19.1. The van der Waals surface area contributed by atoms with Crippen molar-refractivity contribution in [2.45, 2.75) is 12.5 Å². The fourth-order valence-corrected chi connectivity index (χ4v) is 2.14. The summed E-state index contributed by atoms with van der Waals surface area (Å²) >= 11 is 0. The molecule has 0 fully saturated rings. The fourth-order valence-electron chi connectivity index (χ4n) is 2.14. The zero-order chi connectivity index (χ0) is 12.4. The van der Waals surface area contributed by atoms with Gasteiger partial charge in [-0.3, -0.25) is 0 Å². The molecule has 0 bridgehead atoms. The van der Waals surface area contributed by atoms with Crippen LogP contribution < -0.4 is 5.43 Å². The molecule has 18 heavy (non-hydrogen) atoms. The minimum absolute atomic E-state index is 0.140. The third-order valence-electron chi connectivity index (χ3n) is 3.13. The maximum Gasteiger partial charge on any atom is 0.123 e. The molecule has 2 aromatic carbocycles. The average molecular weight is 240 g/mol. The van der Waals surface area contributed by atoms with E-state index >= 15 is 0 Å². The van der Waals surface area contributed by atoms with Crippen LogP contribution in [0.4, 0.5) is 4.39 Å². The quantitative estimate of drug-likeness (QED) is 0.856. The Morgan fingerprint density at radius 3 is 2.44 bits per heavy atom. The van der Waals surface area contributed by atoms with E-state index in [1.54, 1.807) is 12.1 Å². The van der Waals surface area contributed by atoms with Crippen molar-refractivity contribution in [1.29, 1.82) is 0 Å². The van der Waals surface area contributed by atoms with E-state index in [0.29, 0.717) is 0 Å². The summed E-state index contributed by atoms with van der Waals surface area (Å²) in [5.74, 6) is -0.207. The molecule has 1 aliphatic rings. The summed E-state index contributed by atoms with van der Waals surface area (Å²) in [6, 6.07) is 16.8. The number of halogens is 1. The minimum Gasteiger partial charge on any atom is -0.302 e. The Morgan fingerprint density at radius 1 is 1.00 bits per heavy atom. The molecule has 1 unspecified atom stereocenters. The van der Waals surface area contributed by atoms with E-state index in [2.05, 4.69) is 10.5 Å². The molecule has 0 aliphatic carbocycles. The van der Waals surface area contributed by atoms with E-state index in [4.69, 9.17) is 0 Å². The molecule has 3 rings (SSSR count). The average Bonchev–Trinajstić information content (AvgIpc) is 2.90. The zero-order valence-electron chi connectivity index (χ0n) is 9.81. The second kappa shape index (κ2) is 4.61. The third-order valence-corrected chi connectivity index (χ3v) is 3.13. The van der Waals surface area contributed by atoms with Crippen LogP contribution in [0.2, 0.25) is 0 Å². The van der Waals surface area contributed by atoms with E-state index in [-0.39, 0.29) is 11.9 Å². The highest BCUT2D eigenvalue weighted by Crippen LogP contribution is 2.24. The van der Waals surface area contributed by atoms with Crippen LogP contribution in [0.5, 0.6) is 0 Å². The smallest absolute Gasteiger partial charge is 0.123 e. The molecular formula is C15H13FN2. The van der Waals surface area contributed by atoms with Crippen LogP contribution in [0.15, 0.2) is 59.7 Å². The summed E-state index contributed by atoms with van der Waals surface area (Å²) < 4.78 is 12.9. The largest absolute Gasteiger partial charge is 0.302 e. The van der Waals surface area contributed by atoms with Crippen molar-refractivity contribution in [3.63, 3.8) is 0 Å². The minimum atomic E-state index is -0.207. The molecular weight excluding hydrogens is 227 g/mol. The van der Waals surface area contributed by atoms with Gasteiger partial charge in [0, 0.05) is 6.42 Å². The molecule has 1 N–H and O–H groups in total. The second-order valence-electron chi connectivity index (χ2n) is 4.36. The summed E-state index contributed by atoms with van der Waals surface area (Å²) in [6.07, 6.45) is 0.829. The molecule has 0 saturated carbocycles. The van der Waals surface area contributed by atoms with Gasteiger partial charge in [-0.15, -0.1) is 0 Å². The number of hydrogen-bond donors (Lipinski definition) is 1. The molecule has 0 aromatic heterocycles. The van der Waals surface area contributed by atoms with Crippen LogP contribution in [0.25, 0.3) is 0 Å². The molecule has 0 saturated heterocycles. The van der Waals surface area contributed by atoms with E-state index in [1.807, 2.05) is 30.3 Å². The molecule has 0 radical (unpaired) electrons. The van der Waals surface area contributed by atoms with E-state index < -0.39 is 0 Å². The molecule has 1 heterocycles. The normalized spacial score (nSPS) is 18.3. The predicted molar refractivity (Wildman–Crippen MR) is 69.9 cm³/mol. The number of hydrogen-bond acceptors (Lipinski definition) is 2. The Balaban J connectivity index is 1.76. The summed E-state index contributed by atoms with van der Waals surface area (Å²) in [7, 11) is 0. The van der Waals surface area contributed by atoms with Gasteiger partial charge < -0.3 is 5.43 Å². The first-order chi connectivity index (χ1) is 8.83. The standard InChI is InChI=1S/C15H13FN2/c16-13-8-6-12(7-9-13)15-10-14(17-18-15)11-4-2-1-3-5-11/h1-9,15,18H,10H2. The highest BCUT2D eigenvalue weighted by Gasteiger charge is 2.20. The Hall–Kier alpha value is -2.16. The van der Waals surface area contributed by atoms with Gasteiger partial charge in [0.1, 0.15) is 5.82 Å². The van der Waals surface area contributed by atoms with Crippen molar-refractivity contribution in [3.05, 3.63) is 71.5 Å². The number of rotatable bonds is 2. The number of nitrogens with one attached hydrogen (secondary N) is 1. The van der Waals surface area contributed by atoms with E-state index in [9.17, 15) is 4.39 Å². The highest BCUT2D eigenvalue weighted by molar-refractivity contribution is 6.01. The van der Waals surface area contributed by atoms with E-state index in [0.717, 1.165) is 23.3 Å². The number of nitrogens with zero attached hydrogens (tertiary/aromatic N) is 1. The SMILES string of the molecule is Fc1ccc(C2CC(c3ccccc3)=NN2)cc1. The van der Waals surface area contributed by atoms with Crippen LogP contribution in [0.3, 0.4) is 0 Å². The zero-order valence-corrected chi connectivity index (χ0v) is 9.81. The third kappa shape index (κ3) is 2.12. The molecule has 1 aliphatic heterocycles. The summed E-state index contributed by atoms with van der Waals surface area (Å²) in [6.45, 7) is 0. The second-order valence-corrected chi connectivity index (χ2v) is 4.36. The Kier molecular flexibility index (Phi) is 2.81. The lowest BCUT2D eigenvalue weighted by Crippen LogP contribution is -2.09. The van der Waals surface area contributed by atoms with Crippen LogP contribution in [-0.4, -0.2) is 5.71 Å². The van der Waals surface area contributed by atoms with Crippen LogP contribution in [0, 0.1) is 5.82 Å². The Morgan fingerprint density at radius 2 is 1.72 bits per heavy atom. The first-order valence-corrected chi connectivity index (χ1v) is 5.96. The van der Waals surface area contributed by atoms with Crippen molar-refractivity contribution >= 4 is 5.71 Å². The molecule has 1 atom stereocenters. The van der Waals surface area contributed by atoms with Crippen molar-refractivity contribution in [2.75, 3.05) is 0 Å². The van der Waals surface area contributed by atoms with Gasteiger partial charge in [0.05, 0.1) is 11.8 Å². The summed E-state index contributed by atoms with van der Waals surface area (Å²) in [5, 5.41) is 4.36. The Bertz CT molecular complexity index is 561. The summed E-state index contributed by atoms with van der Waals surface area (Å²) in [4.78, 5) is 0. The number of benzene rings is 2. The topological polar surface area (TPSA) is 24.4 Å². The molecule has 3 heteroatoms. The molecule has 2 nitrogen and oxygen atoms in total. The number of hydrazone groups is 1. The maximum atomic E-state index is 12.9.